The zero-order chi connectivity index (χ0) is 12.3. The third-order valence-electron chi connectivity index (χ3n) is 3.03. The Bertz CT molecular complexity index is 372. The second kappa shape index (κ2) is 5.01. The van der Waals surface area contributed by atoms with Gasteiger partial charge in [-0.15, -0.1) is 10.2 Å². The van der Waals surface area contributed by atoms with Gasteiger partial charge in [-0.2, -0.15) is 0 Å². The standard InChI is InChI=1S/C11H21N5O/c1-4-13-10-15-14-9(16(10)5-2)6-17-11(3)7-12-8-11/h12H,4-8H2,1-3H3,(H,13,15). The van der Waals surface area contributed by atoms with Gasteiger partial charge in [0.05, 0.1) is 5.60 Å². The van der Waals surface area contributed by atoms with E-state index in [4.69, 9.17) is 4.74 Å². The van der Waals surface area contributed by atoms with Crippen molar-refractivity contribution < 1.29 is 4.74 Å². The normalized spacial score (nSPS) is 17.8. The summed E-state index contributed by atoms with van der Waals surface area (Å²) in [5.41, 5.74) is -0.0388. The molecule has 1 fully saturated rings. The minimum atomic E-state index is -0.0388. The van der Waals surface area contributed by atoms with Crippen molar-refractivity contribution in [3.63, 3.8) is 0 Å². The lowest BCUT2D eigenvalue weighted by atomic mass is 10.0. The van der Waals surface area contributed by atoms with Crippen molar-refractivity contribution in [3.8, 4) is 0 Å². The average molecular weight is 239 g/mol. The van der Waals surface area contributed by atoms with E-state index >= 15 is 0 Å². The van der Waals surface area contributed by atoms with Crippen molar-refractivity contribution in [1.82, 2.24) is 20.1 Å². The molecule has 1 aromatic rings. The Morgan fingerprint density at radius 3 is 2.71 bits per heavy atom. The first-order chi connectivity index (χ1) is 8.18. The minimum Gasteiger partial charge on any atom is -0.365 e. The number of nitrogens with one attached hydrogen (secondary N) is 2. The summed E-state index contributed by atoms with van der Waals surface area (Å²) in [6.07, 6.45) is 0. The van der Waals surface area contributed by atoms with Crippen molar-refractivity contribution in [1.29, 1.82) is 0 Å². The molecule has 0 spiro atoms. The average Bonchev–Trinajstić information content (AvgIpc) is 2.67. The van der Waals surface area contributed by atoms with Gasteiger partial charge in [0.1, 0.15) is 6.61 Å². The topological polar surface area (TPSA) is 64.0 Å². The van der Waals surface area contributed by atoms with E-state index in [9.17, 15) is 0 Å². The van der Waals surface area contributed by atoms with E-state index in [0.717, 1.165) is 38.0 Å². The molecule has 0 saturated carbocycles. The van der Waals surface area contributed by atoms with E-state index in [0.29, 0.717) is 6.61 Å². The molecule has 1 aliphatic rings. The molecule has 1 aliphatic heterocycles. The van der Waals surface area contributed by atoms with E-state index in [2.05, 4.69) is 39.2 Å². The van der Waals surface area contributed by atoms with E-state index in [-0.39, 0.29) is 5.60 Å². The number of ether oxygens (including phenoxy) is 1. The van der Waals surface area contributed by atoms with Crippen LogP contribution in [-0.2, 0) is 17.9 Å². The van der Waals surface area contributed by atoms with Crippen LogP contribution in [0, 0.1) is 0 Å². The Labute approximate surface area is 102 Å². The lowest BCUT2D eigenvalue weighted by molar-refractivity contribution is -0.0797. The molecule has 0 bridgehead atoms. The monoisotopic (exact) mass is 239 g/mol. The van der Waals surface area contributed by atoms with E-state index in [1.165, 1.54) is 0 Å². The third kappa shape index (κ3) is 2.58. The smallest absolute Gasteiger partial charge is 0.224 e. The van der Waals surface area contributed by atoms with Crippen molar-refractivity contribution in [2.24, 2.45) is 0 Å². The molecule has 96 valence electrons. The quantitative estimate of drug-likeness (QED) is 0.761. The Morgan fingerprint density at radius 1 is 1.41 bits per heavy atom. The molecule has 17 heavy (non-hydrogen) atoms. The van der Waals surface area contributed by atoms with Crippen LogP contribution in [0.15, 0.2) is 0 Å². The summed E-state index contributed by atoms with van der Waals surface area (Å²) in [5, 5.41) is 14.7. The fraction of sp³-hybridized carbons (Fsp3) is 0.818. The van der Waals surface area contributed by atoms with Crippen LogP contribution in [0.2, 0.25) is 0 Å². The largest absolute Gasteiger partial charge is 0.365 e. The highest BCUT2D eigenvalue weighted by Crippen LogP contribution is 2.18. The zero-order valence-corrected chi connectivity index (χ0v) is 10.8. The van der Waals surface area contributed by atoms with Gasteiger partial charge in [0.2, 0.25) is 5.95 Å². The summed E-state index contributed by atoms with van der Waals surface area (Å²) in [5.74, 6) is 1.71. The molecule has 2 rings (SSSR count). The summed E-state index contributed by atoms with van der Waals surface area (Å²) in [6, 6.07) is 0. The van der Waals surface area contributed by atoms with Crippen LogP contribution in [0.25, 0.3) is 0 Å². The molecular formula is C11H21N5O. The maximum absolute atomic E-state index is 5.87. The SMILES string of the molecule is CCNc1nnc(COC2(C)CNC2)n1CC. The fourth-order valence-corrected chi connectivity index (χ4v) is 1.88. The van der Waals surface area contributed by atoms with Gasteiger partial charge in [-0.05, 0) is 20.8 Å². The van der Waals surface area contributed by atoms with E-state index < -0.39 is 0 Å². The first kappa shape index (κ1) is 12.3. The van der Waals surface area contributed by atoms with Gasteiger partial charge in [0.15, 0.2) is 5.82 Å². The predicted molar refractivity (Wildman–Crippen MR) is 65.9 cm³/mol. The molecule has 6 nitrogen and oxygen atoms in total. The Kier molecular flexibility index (Phi) is 3.63. The molecule has 0 aromatic carbocycles. The summed E-state index contributed by atoms with van der Waals surface area (Å²) in [4.78, 5) is 0. The van der Waals surface area contributed by atoms with Crippen LogP contribution in [0.5, 0.6) is 0 Å². The molecule has 1 aromatic heterocycles. The molecule has 2 N–H and O–H groups in total. The molecule has 0 atom stereocenters. The Balaban J connectivity index is 1.99. The van der Waals surface area contributed by atoms with Crippen LogP contribution in [0.1, 0.15) is 26.6 Å². The highest BCUT2D eigenvalue weighted by Gasteiger charge is 2.32. The van der Waals surface area contributed by atoms with Gasteiger partial charge in [-0.25, -0.2) is 0 Å². The summed E-state index contributed by atoms with van der Waals surface area (Å²) in [6.45, 7) is 10.3. The van der Waals surface area contributed by atoms with Crippen LogP contribution < -0.4 is 10.6 Å². The van der Waals surface area contributed by atoms with Gasteiger partial charge in [0, 0.05) is 26.2 Å². The highest BCUT2D eigenvalue weighted by molar-refractivity contribution is 5.25. The van der Waals surface area contributed by atoms with Crippen LogP contribution in [0.3, 0.4) is 0 Å². The van der Waals surface area contributed by atoms with Gasteiger partial charge in [0.25, 0.3) is 0 Å². The van der Waals surface area contributed by atoms with Crippen molar-refractivity contribution in [2.45, 2.75) is 39.5 Å². The van der Waals surface area contributed by atoms with Gasteiger partial charge in [-0.1, -0.05) is 0 Å². The molecule has 1 saturated heterocycles. The molecule has 0 amide bonds. The maximum Gasteiger partial charge on any atom is 0.224 e. The van der Waals surface area contributed by atoms with Crippen molar-refractivity contribution in [3.05, 3.63) is 5.82 Å². The van der Waals surface area contributed by atoms with Crippen LogP contribution in [0.4, 0.5) is 5.95 Å². The molecule has 0 aliphatic carbocycles. The first-order valence-corrected chi connectivity index (χ1v) is 6.19. The fourth-order valence-electron chi connectivity index (χ4n) is 1.88. The summed E-state index contributed by atoms with van der Waals surface area (Å²) in [7, 11) is 0. The van der Waals surface area contributed by atoms with Crippen molar-refractivity contribution >= 4 is 5.95 Å². The second-order valence-electron chi connectivity index (χ2n) is 4.56. The maximum atomic E-state index is 5.87. The second-order valence-corrected chi connectivity index (χ2v) is 4.56. The minimum absolute atomic E-state index is 0.0388. The number of hydrogen-bond acceptors (Lipinski definition) is 5. The van der Waals surface area contributed by atoms with Gasteiger partial charge in [-0.3, -0.25) is 4.57 Å². The zero-order valence-electron chi connectivity index (χ0n) is 10.8. The number of rotatable bonds is 6. The number of nitrogens with zero attached hydrogens (tertiary/aromatic N) is 3. The number of aromatic nitrogens is 3. The predicted octanol–water partition coefficient (Wildman–Crippen LogP) is 0.608. The van der Waals surface area contributed by atoms with Crippen LogP contribution >= 0.6 is 0 Å². The Hall–Kier alpha value is -1.14. The molecule has 0 radical (unpaired) electrons. The summed E-state index contributed by atoms with van der Waals surface area (Å²) >= 11 is 0. The molecule has 6 heteroatoms. The van der Waals surface area contributed by atoms with Crippen molar-refractivity contribution in [2.75, 3.05) is 25.0 Å². The lowest BCUT2D eigenvalue weighted by Crippen LogP contribution is -2.58. The number of anilines is 1. The van der Waals surface area contributed by atoms with E-state index in [1.807, 2.05) is 6.92 Å². The van der Waals surface area contributed by atoms with E-state index in [1.54, 1.807) is 0 Å². The lowest BCUT2D eigenvalue weighted by Gasteiger charge is -2.38. The molecule has 0 unspecified atom stereocenters. The van der Waals surface area contributed by atoms with Gasteiger partial charge < -0.3 is 15.4 Å². The van der Waals surface area contributed by atoms with Gasteiger partial charge >= 0.3 is 0 Å². The molecular weight excluding hydrogens is 218 g/mol. The number of hydrogen-bond donors (Lipinski definition) is 2. The first-order valence-electron chi connectivity index (χ1n) is 6.19. The third-order valence-corrected chi connectivity index (χ3v) is 3.03. The molecule has 2 heterocycles. The van der Waals surface area contributed by atoms with Crippen LogP contribution in [-0.4, -0.2) is 40.0 Å². The summed E-state index contributed by atoms with van der Waals surface area (Å²) < 4.78 is 7.93. The highest BCUT2D eigenvalue weighted by atomic mass is 16.5. The Morgan fingerprint density at radius 2 is 2.18 bits per heavy atom.